The van der Waals surface area contributed by atoms with E-state index in [4.69, 9.17) is 12.2 Å². The molecule has 160 valence electrons. The minimum atomic E-state index is -3.79. The maximum Gasteiger partial charge on any atom is 0.321 e. The Balaban J connectivity index is 1.52. The molecule has 0 N–H and O–H groups in total. The first-order valence-electron chi connectivity index (χ1n) is 9.25. The summed E-state index contributed by atoms with van der Waals surface area (Å²) in [6.45, 7) is -1.28. The lowest BCUT2D eigenvalue weighted by atomic mass is 10.3. The fourth-order valence-electron chi connectivity index (χ4n) is 3.65. The van der Waals surface area contributed by atoms with Gasteiger partial charge in [0.2, 0.25) is 10.0 Å². The van der Waals surface area contributed by atoms with Crippen molar-refractivity contribution in [2.75, 3.05) is 26.2 Å². The van der Waals surface area contributed by atoms with E-state index in [9.17, 15) is 21.6 Å². The molecule has 0 amide bonds. The van der Waals surface area contributed by atoms with Crippen LogP contribution in [0.1, 0.15) is 6.55 Å². The second kappa shape index (κ2) is 8.14. The Bertz CT molecular complexity index is 1230. The maximum absolute atomic E-state index is 13.5. The number of sulfonamides is 1. The molecule has 0 unspecified atom stereocenters. The number of benzene rings is 2. The summed E-state index contributed by atoms with van der Waals surface area (Å²) in [7, 11) is -3.79. The zero-order chi connectivity index (χ0) is 21.5. The van der Waals surface area contributed by atoms with E-state index in [1.54, 1.807) is 28.8 Å². The molecular weight excluding hydrogens is 437 g/mol. The Labute approximate surface area is 176 Å². The van der Waals surface area contributed by atoms with Gasteiger partial charge in [-0.05, 0) is 42.5 Å². The first kappa shape index (κ1) is 21.0. The Morgan fingerprint density at radius 2 is 1.63 bits per heavy atom. The van der Waals surface area contributed by atoms with Crippen molar-refractivity contribution in [2.24, 2.45) is 0 Å². The second-order valence-corrected chi connectivity index (χ2v) is 9.27. The van der Waals surface area contributed by atoms with Crippen molar-refractivity contribution < 1.29 is 21.6 Å². The maximum atomic E-state index is 13.5. The molecule has 2 heterocycles. The van der Waals surface area contributed by atoms with Crippen molar-refractivity contribution in [2.45, 2.75) is 18.1 Å². The number of hydrogen-bond donors (Lipinski definition) is 0. The summed E-state index contributed by atoms with van der Waals surface area (Å²) in [6.07, 6.45) is 0. The van der Waals surface area contributed by atoms with Gasteiger partial charge < -0.3 is 4.57 Å². The summed E-state index contributed by atoms with van der Waals surface area (Å²) in [5, 5.41) is 0. The molecule has 3 aromatic rings. The van der Waals surface area contributed by atoms with Crippen LogP contribution in [0.5, 0.6) is 0 Å². The zero-order valence-corrected chi connectivity index (χ0v) is 17.4. The van der Waals surface area contributed by atoms with Crippen LogP contribution in [0.15, 0.2) is 53.4 Å². The smallest absolute Gasteiger partial charge is 0.303 e. The molecule has 0 aliphatic carbocycles. The van der Waals surface area contributed by atoms with Crippen molar-refractivity contribution in [3.05, 3.63) is 59.1 Å². The molecule has 1 aliphatic heterocycles. The minimum absolute atomic E-state index is 0.0148. The van der Waals surface area contributed by atoms with Crippen LogP contribution in [0.2, 0.25) is 0 Å². The van der Waals surface area contributed by atoms with Crippen LogP contribution in [0.25, 0.3) is 11.0 Å². The van der Waals surface area contributed by atoms with Gasteiger partial charge in [-0.1, -0.05) is 18.2 Å². The number of para-hydroxylation sites is 2. The van der Waals surface area contributed by atoms with Crippen LogP contribution in [0.4, 0.5) is 13.2 Å². The highest BCUT2D eigenvalue weighted by molar-refractivity contribution is 7.89. The minimum Gasteiger partial charge on any atom is -0.303 e. The highest BCUT2D eigenvalue weighted by Gasteiger charge is 2.29. The summed E-state index contributed by atoms with van der Waals surface area (Å²) < 4.78 is 69.7. The first-order chi connectivity index (χ1) is 14.3. The number of nitrogens with zero attached hydrogens (tertiary/aromatic N) is 4. The number of rotatable bonds is 5. The van der Waals surface area contributed by atoms with E-state index >= 15 is 0 Å². The largest absolute Gasteiger partial charge is 0.321 e. The van der Waals surface area contributed by atoms with Crippen LogP contribution in [0.3, 0.4) is 0 Å². The van der Waals surface area contributed by atoms with Gasteiger partial charge in [-0.15, -0.1) is 0 Å². The van der Waals surface area contributed by atoms with Gasteiger partial charge in [0.25, 0.3) is 0 Å². The Morgan fingerprint density at radius 3 is 2.27 bits per heavy atom. The van der Waals surface area contributed by atoms with Gasteiger partial charge in [0, 0.05) is 26.2 Å². The SMILES string of the molecule is O=S(=O)(c1cccc(F)c1)N1CCN(Cn2c(=S)n(C(F)F)c3ccccc32)CC1. The predicted molar refractivity (Wildman–Crippen MR) is 109 cm³/mol. The van der Waals surface area contributed by atoms with E-state index in [0.717, 1.165) is 10.6 Å². The van der Waals surface area contributed by atoms with Gasteiger partial charge in [-0.3, -0.25) is 9.47 Å². The number of hydrogen-bond acceptors (Lipinski definition) is 4. The van der Waals surface area contributed by atoms with Crippen molar-refractivity contribution in [1.82, 2.24) is 18.3 Å². The van der Waals surface area contributed by atoms with Gasteiger partial charge in [-0.2, -0.15) is 13.1 Å². The second-order valence-electron chi connectivity index (χ2n) is 6.97. The summed E-state index contributed by atoms with van der Waals surface area (Å²) in [6, 6.07) is 11.7. The number of halogens is 3. The number of aromatic nitrogens is 2. The molecular formula is C19H19F3N4O2S2. The molecule has 0 atom stereocenters. The van der Waals surface area contributed by atoms with Gasteiger partial charge in [0.1, 0.15) is 5.82 Å². The fraction of sp³-hybridized carbons (Fsp3) is 0.316. The molecule has 1 aliphatic rings. The van der Waals surface area contributed by atoms with Gasteiger partial charge in [0.05, 0.1) is 22.6 Å². The lowest BCUT2D eigenvalue weighted by Crippen LogP contribution is -2.48. The highest BCUT2D eigenvalue weighted by Crippen LogP contribution is 2.25. The monoisotopic (exact) mass is 456 g/mol. The van der Waals surface area contributed by atoms with Gasteiger partial charge in [-0.25, -0.2) is 12.8 Å². The predicted octanol–water partition coefficient (Wildman–Crippen LogP) is 3.67. The third-order valence-electron chi connectivity index (χ3n) is 5.17. The molecule has 6 nitrogen and oxygen atoms in total. The summed E-state index contributed by atoms with van der Waals surface area (Å²) in [5.74, 6) is -0.612. The highest BCUT2D eigenvalue weighted by atomic mass is 32.2. The summed E-state index contributed by atoms with van der Waals surface area (Å²) >= 11 is 5.27. The Morgan fingerprint density at radius 1 is 0.967 bits per heavy atom. The molecule has 0 saturated carbocycles. The van der Waals surface area contributed by atoms with Crippen LogP contribution < -0.4 is 0 Å². The fourth-order valence-corrected chi connectivity index (χ4v) is 5.43. The number of alkyl halides is 2. The first-order valence-corrected chi connectivity index (χ1v) is 11.1. The zero-order valence-electron chi connectivity index (χ0n) is 15.8. The normalized spacial score (nSPS) is 16.5. The lowest BCUT2D eigenvalue weighted by Gasteiger charge is -2.34. The molecule has 4 rings (SSSR count). The van der Waals surface area contributed by atoms with Crippen molar-refractivity contribution in [3.63, 3.8) is 0 Å². The van der Waals surface area contributed by atoms with Gasteiger partial charge >= 0.3 is 6.55 Å². The lowest BCUT2D eigenvalue weighted by molar-refractivity contribution is 0.0710. The van der Waals surface area contributed by atoms with E-state index in [1.807, 2.05) is 4.90 Å². The molecule has 1 aromatic heterocycles. The average molecular weight is 457 g/mol. The van der Waals surface area contributed by atoms with E-state index < -0.39 is 22.4 Å². The van der Waals surface area contributed by atoms with Crippen molar-refractivity contribution in [1.29, 1.82) is 0 Å². The molecule has 0 spiro atoms. The average Bonchev–Trinajstić information content (AvgIpc) is 3.00. The van der Waals surface area contributed by atoms with E-state index in [1.165, 1.54) is 22.5 Å². The molecule has 1 fully saturated rings. The van der Waals surface area contributed by atoms with Crippen LogP contribution >= 0.6 is 12.2 Å². The van der Waals surface area contributed by atoms with Crippen molar-refractivity contribution >= 4 is 33.3 Å². The Kier molecular flexibility index (Phi) is 5.71. The van der Waals surface area contributed by atoms with E-state index in [0.29, 0.717) is 24.1 Å². The van der Waals surface area contributed by atoms with Crippen LogP contribution in [-0.4, -0.2) is 52.9 Å². The number of fused-ring (bicyclic) bond motifs is 1. The molecule has 2 aromatic carbocycles. The van der Waals surface area contributed by atoms with Gasteiger partial charge in [0.15, 0.2) is 4.77 Å². The van der Waals surface area contributed by atoms with E-state index in [2.05, 4.69) is 0 Å². The van der Waals surface area contributed by atoms with Crippen molar-refractivity contribution in [3.8, 4) is 0 Å². The molecule has 1 saturated heterocycles. The molecule has 11 heteroatoms. The third kappa shape index (κ3) is 3.78. The third-order valence-corrected chi connectivity index (χ3v) is 7.48. The van der Waals surface area contributed by atoms with Crippen LogP contribution in [0, 0.1) is 10.6 Å². The molecule has 0 radical (unpaired) electrons. The van der Waals surface area contributed by atoms with E-state index in [-0.39, 0.29) is 29.4 Å². The van der Waals surface area contributed by atoms with Crippen LogP contribution in [-0.2, 0) is 16.7 Å². The summed E-state index contributed by atoms with van der Waals surface area (Å²) in [5.41, 5.74) is 0.947. The summed E-state index contributed by atoms with van der Waals surface area (Å²) in [4.78, 5) is 1.87. The topological polar surface area (TPSA) is 50.5 Å². The standard InChI is InChI=1S/C19H19F3N4O2S2/c20-14-4-3-5-15(12-14)30(27,28)24-10-8-23(9-11-24)13-25-16-6-1-2-7-17(16)26(18(21)22)19(25)29/h1-7,12,18H,8-11,13H2. The number of imidazole rings is 1. The molecule has 0 bridgehead atoms. The molecule has 30 heavy (non-hydrogen) atoms. The Hall–Kier alpha value is -2.21. The quantitative estimate of drug-likeness (QED) is 0.550. The number of piperazine rings is 1.